The zero-order chi connectivity index (χ0) is 13.9. The van der Waals surface area contributed by atoms with E-state index in [0.717, 1.165) is 44.1 Å². The van der Waals surface area contributed by atoms with Crippen LogP contribution < -0.4 is 5.32 Å². The topological polar surface area (TPSA) is 35.6 Å². The monoisotopic (exact) mass is 309 g/mol. The van der Waals surface area contributed by atoms with Crippen LogP contribution in [0, 0.1) is 0 Å². The van der Waals surface area contributed by atoms with E-state index in [1.54, 1.807) is 22.7 Å². The van der Waals surface area contributed by atoms with Gasteiger partial charge in [0, 0.05) is 55.7 Å². The lowest BCUT2D eigenvalue weighted by molar-refractivity contribution is 0.0779. The first-order valence-corrected chi connectivity index (χ1v) is 8.59. The van der Waals surface area contributed by atoms with Crippen molar-refractivity contribution in [1.29, 1.82) is 0 Å². The zero-order valence-electron chi connectivity index (χ0n) is 11.6. The minimum Gasteiger partial charge on any atom is -0.340 e. The number of likely N-dealkylation sites (N-methyl/N-ethyl adjacent to an activating group) is 1. The predicted molar refractivity (Wildman–Crippen MR) is 86.0 cm³/mol. The number of amides is 1. The molecule has 1 saturated heterocycles. The van der Waals surface area contributed by atoms with E-state index in [4.69, 9.17) is 0 Å². The number of hydrogen-bond donors (Lipinski definition) is 1. The molecule has 4 nitrogen and oxygen atoms in total. The first-order chi connectivity index (χ1) is 9.74. The van der Waals surface area contributed by atoms with Crippen LogP contribution >= 0.6 is 22.7 Å². The number of piperazine rings is 1. The molecule has 1 aliphatic rings. The van der Waals surface area contributed by atoms with Gasteiger partial charge in [0.25, 0.3) is 5.91 Å². The smallest absolute Gasteiger partial charge is 0.263 e. The Labute approximate surface area is 127 Å². The molecule has 1 aliphatic heterocycles. The molecule has 20 heavy (non-hydrogen) atoms. The van der Waals surface area contributed by atoms with Crippen LogP contribution in [-0.4, -0.2) is 62.0 Å². The first kappa shape index (κ1) is 14.0. The van der Waals surface area contributed by atoms with Crippen molar-refractivity contribution >= 4 is 38.0 Å². The summed E-state index contributed by atoms with van der Waals surface area (Å²) in [4.78, 5) is 17.5. The van der Waals surface area contributed by atoms with Gasteiger partial charge in [0.05, 0.1) is 4.88 Å². The van der Waals surface area contributed by atoms with Crippen LogP contribution in [-0.2, 0) is 0 Å². The van der Waals surface area contributed by atoms with Crippen molar-refractivity contribution in [2.24, 2.45) is 0 Å². The third kappa shape index (κ3) is 3.03. The van der Waals surface area contributed by atoms with Crippen molar-refractivity contribution < 1.29 is 4.79 Å². The number of carbonyl (C=O) groups excluding carboxylic acids is 1. The van der Waals surface area contributed by atoms with Crippen LogP contribution in [0.2, 0.25) is 0 Å². The van der Waals surface area contributed by atoms with Crippen LogP contribution in [0.5, 0.6) is 0 Å². The normalized spacial score (nSPS) is 16.6. The molecule has 0 aliphatic carbocycles. The Morgan fingerprint density at radius 2 is 2.20 bits per heavy atom. The highest BCUT2D eigenvalue weighted by Crippen LogP contribution is 2.30. The molecular formula is C14H19N3OS2. The molecule has 0 saturated carbocycles. The van der Waals surface area contributed by atoms with Crippen LogP contribution in [0.3, 0.4) is 0 Å². The Hall–Kier alpha value is -0.950. The van der Waals surface area contributed by atoms with Crippen molar-refractivity contribution in [1.82, 2.24) is 15.1 Å². The molecule has 3 rings (SSSR count). The second-order valence-electron chi connectivity index (χ2n) is 5.08. The third-order valence-electron chi connectivity index (χ3n) is 3.66. The number of rotatable bonds is 4. The van der Waals surface area contributed by atoms with E-state index in [1.165, 1.54) is 9.40 Å². The summed E-state index contributed by atoms with van der Waals surface area (Å²) in [5.74, 6) is 0.147. The molecule has 0 unspecified atom stereocenters. The summed E-state index contributed by atoms with van der Waals surface area (Å²) in [7, 11) is 1.90. The van der Waals surface area contributed by atoms with Gasteiger partial charge in [0.15, 0.2) is 0 Å². The summed E-state index contributed by atoms with van der Waals surface area (Å²) < 4.78 is 2.43. The molecule has 2 aromatic rings. The van der Waals surface area contributed by atoms with E-state index in [9.17, 15) is 4.79 Å². The molecule has 1 fully saturated rings. The highest BCUT2D eigenvalue weighted by atomic mass is 32.1. The lowest BCUT2D eigenvalue weighted by atomic mass is 10.3. The van der Waals surface area contributed by atoms with E-state index >= 15 is 0 Å². The highest BCUT2D eigenvalue weighted by molar-refractivity contribution is 7.27. The summed E-state index contributed by atoms with van der Waals surface area (Å²) in [5.41, 5.74) is 0. The van der Waals surface area contributed by atoms with Gasteiger partial charge in [-0.2, -0.15) is 0 Å². The van der Waals surface area contributed by atoms with Crippen molar-refractivity contribution in [3.63, 3.8) is 0 Å². The summed E-state index contributed by atoms with van der Waals surface area (Å²) in [6.07, 6.45) is 0. The minimum atomic E-state index is 0.147. The number of thiophene rings is 2. The van der Waals surface area contributed by atoms with Crippen molar-refractivity contribution in [2.45, 2.75) is 0 Å². The lowest BCUT2D eigenvalue weighted by Crippen LogP contribution is -2.46. The molecule has 1 amide bonds. The summed E-state index contributed by atoms with van der Waals surface area (Å²) in [6, 6.07) is 4.11. The van der Waals surface area contributed by atoms with Crippen molar-refractivity contribution in [3.8, 4) is 0 Å². The van der Waals surface area contributed by atoms with E-state index in [1.807, 2.05) is 18.0 Å². The van der Waals surface area contributed by atoms with Crippen molar-refractivity contribution in [2.75, 3.05) is 46.3 Å². The number of nitrogens with zero attached hydrogens (tertiary/aromatic N) is 2. The van der Waals surface area contributed by atoms with Crippen LogP contribution in [0.25, 0.3) is 9.40 Å². The Kier molecular flexibility index (Phi) is 4.35. The fourth-order valence-electron chi connectivity index (χ4n) is 2.39. The summed E-state index contributed by atoms with van der Waals surface area (Å²) in [5, 5.41) is 5.42. The fourth-order valence-corrected chi connectivity index (χ4v) is 4.49. The van der Waals surface area contributed by atoms with Gasteiger partial charge in [-0.25, -0.2) is 0 Å². The highest BCUT2D eigenvalue weighted by Gasteiger charge is 2.17. The third-order valence-corrected chi connectivity index (χ3v) is 5.74. The van der Waals surface area contributed by atoms with E-state index in [-0.39, 0.29) is 5.91 Å². The summed E-state index contributed by atoms with van der Waals surface area (Å²) >= 11 is 3.30. The fraction of sp³-hybridized carbons (Fsp3) is 0.500. The SMILES string of the molecule is CN(CCN1CCNCC1)C(=O)c1cc2sccc2s1. The molecule has 0 atom stereocenters. The number of nitrogens with one attached hydrogen (secondary N) is 1. The largest absolute Gasteiger partial charge is 0.340 e. The number of hydrogen-bond acceptors (Lipinski definition) is 5. The molecule has 0 radical (unpaired) electrons. The molecule has 1 N–H and O–H groups in total. The van der Waals surface area contributed by atoms with Gasteiger partial charge in [0.1, 0.15) is 0 Å². The van der Waals surface area contributed by atoms with Gasteiger partial charge >= 0.3 is 0 Å². The molecule has 6 heteroatoms. The molecule has 0 aromatic carbocycles. The minimum absolute atomic E-state index is 0.147. The average Bonchev–Trinajstić information content (AvgIpc) is 3.06. The Balaban J connectivity index is 1.57. The molecule has 2 aromatic heterocycles. The second kappa shape index (κ2) is 6.22. The maximum atomic E-state index is 12.4. The van der Waals surface area contributed by atoms with Gasteiger partial charge < -0.3 is 10.2 Å². The first-order valence-electron chi connectivity index (χ1n) is 6.89. The van der Waals surface area contributed by atoms with Gasteiger partial charge in [-0.3, -0.25) is 9.69 Å². The Bertz CT molecular complexity index is 558. The zero-order valence-corrected chi connectivity index (χ0v) is 13.2. The molecule has 0 bridgehead atoms. The van der Waals surface area contributed by atoms with Gasteiger partial charge in [-0.1, -0.05) is 0 Å². The molecular weight excluding hydrogens is 290 g/mol. The maximum absolute atomic E-state index is 12.4. The van der Waals surface area contributed by atoms with Gasteiger partial charge in [-0.05, 0) is 17.5 Å². The predicted octanol–water partition coefficient (Wildman–Crippen LogP) is 1.94. The van der Waals surface area contributed by atoms with Crippen LogP contribution in [0.4, 0.5) is 0 Å². The van der Waals surface area contributed by atoms with Crippen molar-refractivity contribution in [3.05, 3.63) is 22.4 Å². The van der Waals surface area contributed by atoms with E-state index < -0.39 is 0 Å². The average molecular weight is 309 g/mol. The van der Waals surface area contributed by atoms with Gasteiger partial charge in [0.2, 0.25) is 0 Å². The maximum Gasteiger partial charge on any atom is 0.263 e. The number of fused-ring (bicyclic) bond motifs is 1. The molecule has 0 spiro atoms. The quantitative estimate of drug-likeness (QED) is 0.937. The molecule has 108 valence electrons. The lowest BCUT2D eigenvalue weighted by Gasteiger charge is -2.29. The molecule has 3 heterocycles. The van der Waals surface area contributed by atoms with E-state index in [2.05, 4.69) is 21.7 Å². The second-order valence-corrected chi connectivity index (χ2v) is 7.11. The van der Waals surface area contributed by atoms with Crippen LogP contribution in [0.15, 0.2) is 17.5 Å². The van der Waals surface area contributed by atoms with E-state index in [0.29, 0.717) is 0 Å². The Morgan fingerprint density at radius 1 is 1.40 bits per heavy atom. The standard InChI is InChI=1S/C14H19N3OS2/c1-16(7-8-17-5-3-15-4-6-17)14(18)13-10-12-11(20-13)2-9-19-12/h2,9-10,15H,3-8H2,1H3. The number of carbonyl (C=O) groups is 1. The Morgan fingerprint density at radius 3 is 2.95 bits per heavy atom. The van der Waals surface area contributed by atoms with Crippen LogP contribution in [0.1, 0.15) is 9.67 Å². The van der Waals surface area contributed by atoms with Gasteiger partial charge in [-0.15, -0.1) is 22.7 Å². The summed E-state index contributed by atoms with van der Waals surface area (Å²) in [6.45, 7) is 6.03.